The van der Waals surface area contributed by atoms with Gasteiger partial charge in [-0.25, -0.2) is 0 Å². The molecule has 0 spiro atoms. The number of piperazine rings is 1. The van der Waals surface area contributed by atoms with Crippen LogP contribution in [0, 0.1) is 0 Å². The zero-order valence-electron chi connectivity index (χ0n) is 13.1. The van der Waals surface area contributed by atoms with Crippen molar-refractivity contribution in [1.82, 2.24) is 10.2 Å². The minimum absolute atomic E-state index is 0.0127. The molecule has 1 saturated heterocycles. The van der Waals surface area contributed by atoms with Crippen LogP contribution in [0.15, 0.2) is 24.3 Å². The van der Waals surface area contributed by atoms with E-state index in [1.807, 2.05) is 36.1 Å². The van der Waals surface area contributed by atoms with Crippen molar-refractivity contribution in [2.24, 2.45) is 0 Å². The fraction of sp³-hybridized carbons (Fsp3) is 0.500. The van der Waals surface area contributed by atoms with Gasteiger partial charge in [-0.1, -0.05) is 29.8 Å². The Morgan fingerprint density at radius 3 is 2.55 bits per heavy atom. The van der Waals surface area contributed by atoms with Crippen LogP contribution in [0.5, 0.6) is 0 Å². The van der Waals surface area contributed by atoms with Crippen LogP contribution in [-0.2, 0) is 9.59 Å². The molecule has 5 nitrogen and oxygen atoms in total. The van der Waals surface area contributed by atoms with Crippen LogP contribution in [0.2, 0.25) is 5.02 Å². The molecule has 120 valence electrons. The first kappa shape index (κ1) is 16.8. The molecule has 2 N–H and O–H groups in total. The van der Waals surface area contributed by atoms with E-state index in [-0.39, 0.29) is 17.9 Å². The molecule has 1 aliphatic rings. The van der Waals surface area contributed by atoms with Gasteiger partial charge in [0.2, 0.25) is 5.91 Å². The van der Waals surface area contributed by atoms with E-state index in [9.17, 15) is 9.59 Å². The van der Waals surface area contributed by atoms with E-state index < -0.39 is 0 Å². The molecule has 0 bridgehead atoms. The van der Waals surface area contributed by atoms with Crippen molar-refractivity contribution in [3.05, 3.63) is 34.9 Å². The standard InChI is InChI=1S/C16H22ClN3O2/c1-12(14-5-3-4-6-15(14)17)18-16(22)11-19-7-9-20(10-8-19)13(2)21/h3-6,12H,7-11H2,1-2H3,(H,18,22)/p+1/t12-/m1/s1. The minimum Gasteiger partial charge on any atom is -0.345 e. The molecular formula is C16H23ClN3O2+. The van der Waals surface area contributed by atoms with Crippen molar-refractivity contribution >= 4 is 23.4 Å². The summed E-state index contributed by atoms with van der Waals surface area (Å²) in [6.07, 6.45) is 0. The molecule has 6 heteroatoms. The predicted molar refractivity (Wildman–Crippen MR) is 85.8 cm³/mol. The molecule has 0 aromatic heterocycles. The highest BCUT2D eigenvalue weighted by Gasteiger charge is 2.24. The van der Waals surface area contributed by atoms with Crippen LogP contribution in [0.1, 0.15) is 25.5 Å². The first-order valence-corrected chi connectivity index (χ1v) is 7.98. The number of nitrogens with one attached hydrogen (secondary N) is 2. The van der Waals surface area contributed by atoms with E-state index in [4.69, 9.17) is 11.6 Å². The second-order valence-corrected chi connectivity index (χ2v) is 6.15. The zero-order chi connectivity index (χ0) is 16.1. The summed E-state index contributed by atoms with van der Waals surface area (Å²) >= 11 is 6.15. The Hall–Kier alpha value is -1.59. The summed E-state index contributed by atoms with van der Waals surface area (Å²) in [7, 11) is 0. The van der Waals surface area contributed by atoms with Gasteiger partial charge >= 0.3 is 0 Å². The van der Waals surface area contributed by atoms with Gasteiger partial charge < -0.3 is 15.1 Å². The Bertz CT molecular complexity index is 542. The Labute approximate surface area is 136 Å². The Balaban J connectivity index is 1.81. The first-order valence-electron chi connectivity index (χ1n) is 7.60. The van der Waals surface area contributed by atoms with Crippen molar-refractivity contribution in [1.29, 1.82) is 0 Å². The highest BCUT2D eigenvalue weighted by molar-refractivity contribution is 6.31. The number of hydrogen-bond donors (Lipinski definition) is 2. The van der Waals surface area contributed by atoms with Gasteiger partial charge in [0, 0.05) is 11.9 Å². The summed E-state index contributed by atoms with van der Waals surface area (Å²) in [6, 6.07) is 7.42. The maximum atomic E-state index is 12.2. The van der Waals surface area contributed by atoms with E-state index >= 15 is 0 Å². The molecule has 1 heterocycles. The summed E-state index contributed by atoms with van der Waals surface area (Å²) in [5.74, 6) is 0.120. The smallest absolute Gasteiger partial charge is 0.275 e. The van der Waals surface area contributed by atoms with E-state index in [2.05, 4.69) is 5.32 Å². The molecule has 1 atom stereocenters. The van der Waals surface area contributed by atoms with Crippen LogP contribution >= 0.6 is 11.6 Å². The number of carbonyl (C=O) groups excluding carboxylic acids is 2. The number of amides is 2. The highest BCUT2D eigenvalue weighted by Crippen LogP contribution is 2.21. The lowest BCUT2D eigenvalue weighted by atomic mass is 10.1. The van der Waals surface area contributed by atoms with Gasteiger partial charge in [-0.05, 0) is 18.6 Å². The van der Waals surface area contributed by atoms with Crippen LogP contribution < -0.4 is 10.2 Å². The van der Waals surface area contributed by atoms with Crippen molar-refractivity contribution in [3.8, 4) is 0 Å². The molecule has 2 rings (SSSR count). The third-order valence-corrected chi connectivity index (χ3v) is 4.42. The molecule has 0 saturated carbocycles. The molecule has 2 amide bonds. The summed E-state index contributed by atoms with van der Waals surface area (Å²) in [5.41, 5.74) is 0.925. The second kappa shape index (κ2) is 7.61. The van der Waals surface area contributed by atoms with Gasteiger partial charge in [0.05, 0.1) is 32.2 Å². The lowest BCUT2D eigenvalue weighted by Gasteiger charge is -2.31. The molecule has 1 aliphatic heterocycles. The topological polar surface area (TPSA) is 53.9 Å². The second-order valence-electron chi connectivity index (χ2n) is 5.74. The summed E-state index contributed by atoms with van der Waals surface area (Å²) in [4.78, 5) is 26.5. The Kier molecular flexibility index (Phi) is 5.80. The fourth-order valence-corrected chi connectivity index (χ4v) is 3.04. The lowest BCUT2D eigenvalue weighted by molar-refractivity contribution is -0.896. The minimum atomic E-state index is -0.112. The van der Waals surface area contributed by atoms with Gasteiger partial charge in [0.1, 0.15) is 0 Å². The lowest BCUT2D eigenvalue weighted by Crippen LogP contribution is -3.15. The maximum absolute atomic E-state index is 12.2. The molecular weight excluding hydrogens is 302 g/mol. The van der Waals surface area contributed by atoms with Crippen molar-refractivity contribution < 1.29 is 14.5 Å². The van der Waals surface area contributed by atoms with Crippen LogP contribution in [0.3, 0.4) is 0 Å². The van der Waals surface area contributed by atoms with Crippen molar-refractivity contribution in [3.63, 3.8) is 0 Å². The Morgan fingerprint density at radius 1 is 1.32 bits per heavy atom. The van der Waals surface area contributed by atoms with Gasteiger partial charge in [-0.3, -0.25) is 9.59 Å². The number of halogens is 1. The summed E-state index contributed by atoms with van der Waals surface area (Å²) in [6.45, 7) is 7.02. The molecule has 0 radical (unpaired) electrons. The van der Waals surface area contributed by atoms with Crippen LogP contribution in [0.4, 0.5) is 0 Å². The summed E-state index contributed by atoms with van der Waals surface area (Å²) < 4.78 is 0. The molecule has 0 unspecified atom stereocenters. The van der Waals surface area contributed by atoms with Gasteiger partial charge in [0.25, 0.3) is 5.91 Å². The number of nitrogens with zero attached hydrogens (tertiary/aromatic N) is 1. The highest BCUT2D eigenvalue weighted by atomic mass is 35.5. The quantitative estimate of drug-likeness (QED) is 0.835. The normalized spacial score (nSPS) is 17.1. The molecule has 22 heavy (non-hydrogen) atoms. The average molecular weight is 325 g/mol. The van der Waals surface area contributed by atoms with E-state index in [1.54, 1.807) is 6.92 Å². The number of carbonyl (C=O) groups is 2. The van der Waals surface area contributed by atoms with Crippen molar-refractivity contribution in [2.45, 2.75) is 19.9 Å². The molecule has 0 aliphatic carbocycles. The SMILES string of the molecule is CC(=O)N1CC[NH+](CC(=O)N[C@H](C)c2ccccc2Cl)CC1. The summed E-state index contributed by atoms with van der Waals surface area (Å²) in [5, 5.41) is 3.66. The van der Waals surface area contributed by atoms with Crippen LogP contribution in [-0.4, -0.2) is 49.4 Å². The van der Waals surface area contributed by atoms with E-state index in [0.29, 0.717) is 11.6 Å². The monoisotopic (exact) mass is 324 g/mol. The molecule has 1 aromatic carbocycles. The number of quaternary nitrogens is 1. The number of rotatable bonds is 4. The third kappa shape index (κ3) is 4.45. The van der Waals surface area contributed by atoms with Crippen LogP contribution in [0.25, 0.3) is 0 Å². The maximum Gasteiger partial charge on any atom is 0.275 e. The molecule has 1 aromatic rings. The first-order chi connectivity index (χ1) is 10.5. The third-order valence-electron chi connectivity index (χ3n) is 4.08. The average Bonchev–Trinajstić information content (AvgIpc) is 2.48. The fourth-order valence-electron chi connectivity index (χ4n) is 2.74. The largest absolute Gasteiger partial charge is 0.345 e. The predicted octanol–water partition coefficient (Wildman–Crippen LogP) is 0.264. The number of benzene rings is 1. The number of hydrogen-bond acceptors (Lipinski definition) is 2. The van der Waals surface area contributed by atoms with Gasteiger partial charge in [0.15, 0.2) is 6.54 Å². The van der Waals surface area contributed by atoms with Gasteiger partial charge in [-0.2, -0.15) is 0 Å². The molecule has 1 fully saturated rings. The van der Waals surface area contributed by atoms with Gasteiger partial charge in [-0.15, -0.1) is 0 Å². The van der Waals surface area contributed by atoms with Crippen molar-refractivity contribution in [2.75, 3.05) is 32.7 Å². The van der Waals surface area contributed by atoms with E-state index in [1.165, 1.54) is 4.90 Å². The zero-order valence-corrected chi connectivity index (χ0v) is 13.8. The van der Waals surface area contributed by atoms with E-state index in [0.717, 1.165) is 31.7 Å². The Morgan fingerprint density at radius 2 is 1.95 bits per heavy atom.